The molecule has 0 saturated heterocycles. The second-order valence-corrected chi connectivity index (χ2v) is 3.44. The third-order valence-corrected chi connectivity index (χ3v) is 2.28. The predicted octanol–water partition coefficient (Wildman–Crippen LogP) is 3.04. The molecule has 0 heterocycles. The van der Waals surface area contributed by atoms with Crippen molar-refractivity contribution in [2.75, 3.05) is 13.0 Å². The zero-order valence-corrected chi connectivity index (χ0v) is 9.18. The van der Waals surface area contributed by atoms with Gasteiger partial charge in [0.05, 0.1) is 7.11 Å². The van der Waals surface area contributed by atoms with Gasteiger partial charge in [0.2, 0.25) is 0 Å². The van der Waals surface area contributed by atoms with E-state index in [1.165, 1.54) is 19.2 Å². The number of halogens is 2. The van der Waals surface area contributed by atoms with Crippen molar-refractivity contribution in [1.82, 2.24) is 0 Å². The third-order valence-electron chi connectivity index (χ3n) is 2.01. The third kappa shape index (κ3) is 3.20. The van der Waals surface area contributed by atoms with Crippen molar-refractivity contribution < 1.29 is 13.9 Å². The van der Waals surface area contributed by atoms with E-state index in [4.69, 9.17) is 16.3 Å². The van der Waals surface area contributed by atoms with Gasteiger partial charge in [0.25, 0.3) is 0 Å². The Morgan fingerprint density at radius 2 is 2.27 bits per heavy atom. The summed E-state index contributed by atoms with van der Waals surface area (Å²) in [6, 6.07) is 4.19. The average Bonchev–Trinajstić information content (AvgIpc) is 2.25. The molecule has 1 rings (SSSR count). The van der Waals surface area contributed by atoms with Crippen LogP contribution in [0.3, 0.4) is 0 Å². The van der Waals surface area contributed by atoms with Gasteiger partial charge in [-0.25, -0.2) is 4.39 Å². The largest absolute Gasteiger partial charge is 0.494 e. The van der Waals surface area contributed by atoms with Crippen molar-refractivity contribution in [3.8, 4) is 5.75 Å². The Balaban J connectivity index is 2.78. The number of methoxy groups -OCH3 is 1. The molecule has 0 spiro atoms. The van der Waals surface area contributed by atoms with Crippen LogP contribution in [0.2, 0.25) is 0 Å². The molecule has 15 heavy (non-hydrogen) atoms. The summed E-state index contributed by atoms with van der Waals surface area (Å²) in [6.07, 6.45) is 0.948. The van der Waals surface area contributed by atoms with Crippen LogP contribution in [0.1, 0.15) is 23.2 Å². The number of hydrogen-bond donors (Lipinski definition) is 0. The lowest BCUT2D eigenvalue weighted by Gasteiger charge is -2.04. The Morgan fingerprint density at radius 1 is 1.53 bits per heavy atom. The zero-order valence-electron chi connectivity index (χ0n) is 8.43. The van der Waals surface area contributed by atoms with Gasteiger partial charge in [0.1, 0.15) is 0 Å². The lowest BCUT2D eigenvalue weighted by Crippen LogP contribution is -2.00. The van der Waals surface area contributed by atoms with Crippen molar-refractivity contribution in [3.63, 3.8) is 0 Å². The highest BCUT2D eigenvalue weighted by Crippen LogP contribution is 2.18. The number of alkyl halides is 1. The minimum atomic E-state index is -0.519. The second kappa shape index (κ2) is 5.71. The molecule has 1 aromatic rings. The van der Waals surface area contributed by atoms with Gasteiger partial charge in [-0.05, 0) is 24.6 Å². The van der Waals surface area contributed by atoms with E-state index >= 15 is 0 Å². The van der Waals surface area contributed by atoms with Crippen molar-refractivity contribution >= 4 is 17.4 Å². The molecule has 0 saturated carbocycles. The van der Waals surface area contributed by atoms with E-state index in [0.717, 1.165) is 0 Å². The molecule has 1 aromatic carbocycles. The van der Waals surface area contributed by atoms with Crippen LogP contribution in [-0.4, -0.2) is 18.8 Å². The minimum absolute atomic E-state index is 0.0998. The van der Waals surface area contributed by atoms with Crippen molar-refractivity contribution in [2.24, 2.45) is 0 Å². The van der Waals surface area contributed by atoms with Crippen molar-refractivity contribution in [1.29, 1.82) is 0 Å². The summed E-state index contributed by atoms with van der Waals surface area (Å²) in [4.78, 5) is 11.5. The predicted molar refractivity (Wildman–Crippen MR) is 57.2 cm³/mol. The first-order chi connectivity index (χ1) is 7.19. The molecule has 2 nitrogen and oxygen atoms in total. The molecule has 0 unspecified atom stereocenters. The highest BCUT2D eigenvalue weighted by Gasteiger charge is 2.09. The summed E-state index contributed by atoms with van der Waals surface area (Å²) in [5.74, 6) is -0.0417. The highest BCUT2D eigenvalue weighted by molar-refractivity contribution is 6.18. The van der Waals surface area contributed by atoms with E-state index in [0.29, 0.717) is 24.3 Å². The maximum absolute atomic E-state index is 13.2. The smallest absolute Gasteiger partial charge is 0.165 e. The summed E-state index contributed by atoms with van der Waals surface area (Å²) < 4.78 is 18.0. The number of ketones is 1. The number of hydrogen-bond acceptors (Lipinski definition) is 2. The molecule has 0 aliphatic rings. The Morgan fingerprint density at radius 3 is 2.80 bits per heavy atom. The van der Waals surface area contributed by atoms with Crippen molar-refractivity contribution in [2.45, 2.75) is 12.8 Å². The first kappa shape index (κ1) is 12.0. The van der Waals surface area contributed by atoms with E-state index < -0.39 is 5.82 Å². The normalized spacial score (nSPS) is 10.1. The first-order valence-electron chi connectivity index (χ1n) is 4.61. The van der Waals surface area contributed by atoms with Gasteiger partial charge in [-0.15, -0.1) is 11.6 Å². The Labute approximate surface area is 93.0 Å². The molecule has 0 amide bonds. The van der Waals surface area contributed by atoms with Crippen LogP contribution >= 0.6 is 11.6 Å². The Hall–Kier alpha value is -1.09. The summed E-state index contributed by atoms with van der Waals surface area (Å²) in [7, 11) is 1.38. The summed E-state index contributed by atoms with van der Waals surface area (Å²) in [5, 5.41) is 0. The lowest BCUT2D eigenvalue weighted by atomic mass is 10.1. The standard InChI is InChI=1S/C11H12ClFO2/c1-15-11-5-4-8(7-9(11)13)10(14)3-2-6-12/h4-5,7H,2-3,6H2,1H3. The number of ether oxygens (including phenoxy) is 1. The number of carbonyl (C=O) groups excluding carboxylic acids is 1. The van der Waals surface area contributed by atoms with Gasteiger partial charge >= 0.3 is 0 Å². The van der Waals surface area contributed by atoms with E-state index in [2.05, 4.69) is 0 Å². The zero-order chi connectivity index (χ0) is 11.3. The van der Waals surface area contributed by atoms with Gasteiger partial charge < -0.3 is 4.74 Å². The molecular formula is C11H12ClFO2. The summed E-state index contributed by atoms with van der Waals surface area (Å²) >= 11 is 5.47. The van der Waals surface area contributed by atoms with Gasteiger partial charge in [-0.2, -0.15) is 0 Å². The molecule has 0 aliphatic carbocycles. The first-order valence-corrected chi connectivity index (χ1v) is 5.15. The van der Waals surface area contributed by atoms with Gasteiger partial charge in [-0.3, -0.25) is 4.79 Å². The molecule has 0 fully saturated rings. The molecule has 4 heteroatoms. The summed E-state index contributed by atoms with van der Waals surface area (Å²) in [5.41, 5.74) is 0.360. The van der Waals surface area contributed by atoms with E-state index in [1.54, 1.807) is 6.07 Å². The van der Waals surface area contributed by atoms with E-state index in [9.17, 15) is 9.18 Å². The SMILES string of the molecule is COc1ccc(C(=O)CCCCl)cc1F. The average molecular weight is 231 g/mol. The monoisotopic (exact) mass is 230 g/mol. The van der Waals surface area contributed by atoms with Crippen LogP contribution in [0.4, 0.5) is 4.39 Å². The lowest BCUT2D eigenvalue weighted by molar-refractivity contribution is 0.0981. The fourth-order valence-corrected chi connectivity index (χ4v) is 1.35. The molecule has 0 N–H and O–H groups in total. The molecular weight excluding hydrogens is 219 g/mol. The molecule has 0 bridgehead atoms. The van der Waals surface area contributed by atoms with Crippen LogP contribution in [0.25, 0.3) is 0 Å². The van der Waals surface area contributed by atoms with Crippen molar-refractivity contribution in [3.05, 3.63) is 29.6 Å². The van der Waals surface area contributed by atoms with Crippen LogP contribution in [0.5, 0.6) is 5.75 Å². The van der Waals surface area contributed by atoms with E-state index in [-0.39, 0.29) is 11.5 Å². The maximum atomic E-state index is 13.2. The molecule has 0 aliphatic heterocycles. The van der Waals surface area contributed by atoms with Crippen LogP contribution < -0.4 is 4.74 Å². The fourth-order valence-electron chi connectivity index (χ4n) is 1.21. The molecule has 0 atom stereocenters. The number of rotatable bonds is 5. The number of carbonyl (C=O) groups is 1. The van der Waals surface area contributed by atoms with Crippen LogP contribution in [-0.2, 0) is 0 Å². The van der Waals surface area contributed by atoms with E-state index in [1.807, 2.05) is 0 Å². The topological polar surface area (TPSA) is 26.3 Å². The van der Waals surface area contributed by atoms with Gasteiger partial charge in [0.15, 0.2) is 17.3 Å². The summed E-state index contributed by atoms with van der Waals surface area (Å²) in [6.45, 7) is 0. The molecule has 82 valence electrons. The highest BCUT2D eigenvalue weighted by atomic mass is 35.5. The Bertz CT molecular complexity index is 352. The Kier molecular flexibility index (Phi) is 4.56. The molecule has 0 radical (unpaired) electrons. The van der Waals surface area contributed by atoms with Gasteiger partial charge in [-0.1, -0.05) is 0 Å². The van der Waals surface area contributed by atoms with Crippen LogP contribution in [0.15, 0.2) is 18.2 Å². The minimum Gasteiger partial charge on any atom is -0.494 e. The second-order valence-electron chi connectivity index (χ2n) is 3.07. The fraction of sp³-hybridized carbons (Fsp3) is 0.364. The van der Waals surface area contributed by atoms with Crippen LogP contribution in [0, 0.1) is 5.82 Å². The maximum Gasteiger partial charge on any atom is 0.165 e. The number of Topliss-reactive ketones (excluding diaryl/α,β-unsaturated/α-hetero) is 1. The quantitative estimate of drug-likeness (QED) is 0.574. The van der Waals surface area contributed by atoms with Gasteiger partial charge in [0, 0.05) is 17.9 Å². The molecule has 0 aromatic heterocycles. The number of benzene rings is 1.